The Bertz CT molecular complexity index is 476. The number of unbranched alkanes of at least 4 members (excludes halogenated alkanes) is 12. The minimum absolute atomic E-state index is 0.243. The molecule has 0 bridgehead atoms. The van der Waals surface area contributed by atoms with Crippen LogP contribution in [0.1, 0.15) is 163 Å². The van der Waals surface area contributed by atoms with Crippen LogP contribution in [0.3, 0.4) is 0 Å². The van der Waals surface area contributed by atoms with E-state index in [4.69, 9.17) is 5.11 Å². The summed E-state index contributed by atoms with van der Waals surface area (Å²) in [5, 5.41) is 19.0. The molecule has 202 valence electrons. The van der Waals surface area contributed by atoms with Crippen molar-refractivity contribution in [2.75, 3.05) is 0 Å². The fraction of sp³-hybridized carbons (Fsp3) is 0.933. The summed E-state index contributed by atoms with van der Waals surface area (Å²) in [6.45, 7) is 9.10. The van der Waals surface area contributed by atoms with Gasteiger partial charge in [-0.15, -0.1) is 0 Å². The predicted octanol–water partition coefficient (Wildman–Crippen LogP) is 9.65. The van der Waals surface area contributed by atoms with Crippen LogP contribution in [0.4, 0.5) is 0 Å². The van der Waals surface area contributed by atoms with Gasteiger partial charge in [-0.2, -0.15) is 0 Å². The molecule has 0 radical (unpaired) electrons. The second-order valence-electron chi connectivity index (χ2n) is 11.6. The van der Waals surface area contributed by atoms with Gasteiger partial charge in [0, 0.05) is 6.42 Å². The number of aliphatic carboxylic acids is 2. The van der Waals surface area contributed by atoms with E-state index in [2.05, 4.69) is 27.7 Å². The van der Waals surface area contributed by atoms with Crippen LogP contribution in [-0.2, 0) is 9.59 Å². The number of rotatable bonds is 25. The van der Waals surface area contributed by atoms with E-state index in [-0.39, 0.29) is 6.42 Å². The Hall–Kier alpha value is -1.06. The summed E-state index contributed by atoms with van der Waals surface area (Å²) >= 11 is 0. The zero-order valence-corrected chi connectivity index (χ0v) is 23.2. The third-order valence-electron chi connectivity index (χ3n) is 7.37. The zero-order chi connectivity index (χ0) is 25.7. The van der Waals surface area contributed by atoms with Gasteiger partial charge in [0.05, 0.1) is 5.41 Å². The lowest BCUT2D eigenvalue weighted by atomic mass is 9.74. The molecule has 0 amide bonds. The largest absolute Gasteiger partial charge is 0.481 e. The molecule has 0 saturated heterocycles. The van der Waals surface area contributed by atoms with Crippen molar-refractivity contribution >= 4 is 11.9 Å². The summed E-state index contributed by atoms with van der Waals surface area (Å²) in [5.41, 5.74) is -0.559. The number of hydrogen-bond donors (Lipinski definition) is 2. The smallest absolute Gasteiger partial charge is 0.309 e. The maximum Gasteiger partial charge on any atom is 0.309 e. The van der Waals surface area contributed by atoms with Crippen LogP contribution in [0.5, 0.6) is 0 Å². The molecule has 0 aromatic heterocycles. The molecule has 0 rings (SSSR count). The van der Waals surface area contributed by atoms with Crippen LogP contribution in [0.15, 0.2) is 0 Å². The summed E-state index contributed by atoms with van der Waals surface area (Å²) < 4.78 is 0. The minimum atomic E-state index is -0.724. The summed E-state index contributed by atoms with van der Waals surface area (Å²) in [5.74, 6) is 0.236. The molecule has 4 heteroatoms. The van der Waals surface area contributed by atoms with Gasteiger partial charge in [-0.05, 0) is 37.5 Å². The molecular formula is C30H58O4. The molecule has 0 aromatic carbocycles. The molecule has 0 spiro atoms. The van der Waals surface area contributed by atoms with Gasteiger partial charge in [0.1, 0.15) is 0 Å². The van der Waals surface area contributed by atoms with Gasteiger partial charge in [-0.25, -0.2) is 0 Å². The van der Waals surface area contributed by atoms with Crippen molar-refractivity contribution in [3.8, 4) is 0 Å². The van der Waals surface area contributed by atoms with Crippen molar-refractivity contribution in [2.24, 2.45) is 17.3 Å². The van der Waals surface area contributed by atoms with E-state index in [1.165, 1.54) is 51.4 Å². The van der Waals surface area contributed by atoms with Crippen LogP contribution in [0.2, 0.25) is 0 Å². The molecule has 0 fully saturated rings. The first-order chi connectivity index (χ1) is 16.2. The first kappa shape index (κ1) is 32.9. The molecule has 0 aromatic rings. The first-order valence-electron chi connectivity index (χ1n) is 14.6. The van der Waals surface area contributed by atoms with Gasteiger partial charge in [0.15, 0.2) is 0 Å². The van der Waals surface area contributed by atoms with Gasteiger partial charge >= 0.3 is 11.9 Å². The first-order valence-corrected chi connectivity index (χ1v) is 14.6. The topological polar surface area (TPSA) is 74.6 Å². The summed E-state index contributed by atoms with van der Waals surface area (Å²) in [4.78, 5) is 23.1. The van der Waals surface area contributed by atoms with E-state index in [1.54, 1.807) is 0 Å². The zero-order valence-electron chi connectivity index (χ0n) is 23.2. The van der Waals surface area contributed by atoms with Crippen molar-refractivity contribution in [1.82, 2.24) is 0 Å². The second kappa shape index (κ2) is 21.2. The third kappa shape index (κ3) is 19.3. The highest BCUT2D eigenvalue weighted by molar-refractivity contribution is 5.74. The Kier molecular flexibility index (Phi) is 20.6. The van der Waals surface area contributed by atoms with E-state index in [9.17, 15) is 14.7 Å². The van der Waals surface area contributed by atoms with Crippen LogP contribution in [0, 0.1) is 17.3 Å². The van der Waals surface area contributed by atoms with E-state index < -0.39 is 17.4 Å². The van der Waals surface area contributed by atoms with Gasteiger partial charge in [0.25, 0.3) is 0 Å². The lowest BCUT2D eigenvalue weighted by Gasteiger charge is -2.30. The third-order valence-corrected chi connectivity index (χ3v) is 7.37. The van der Waals surface area contributed by atoms with Gasteiger partial charge in [-0.1, -0.05) is 130 Å². The normalized spacial score (nSPS) is 12.1. The molecule has 0 atom stereocenters. The molecular weight excluding hydrogens is 424 g/mol. The molecule has 0 aliphatic rings. The number of carbonyl (C=O) groups is 2. The molecule has 0 unspecified atom stereocenters. The molecule has 2 N–H and O–H groups in total. The summed E-state index contributed by atoms with van der Waals surface area (Å²) in [6.07, 6.45) is 21.8. The Morgan fingerprint density at radius 3 is 1.18 bits per heavy atom. The molecule has 0 heterocycles. The van der Waals surface area contributed by atoms with Crippen molar-refractivity contribution in [1.29, 1.82) is 0 Å². The van der Waals surface area contributed by atoms with Crippen molar-refractivity contribution in [2.45, 2.75) is 163 Å². The molecule has 0 aliphatic carbocycles. The monoisotopic (exact) mass is 482 g/mol. The average Bonchev–Trinajstić information content (AvgIpc) is 2.75. The highest BCUT2D eigenvalue weighted by Gasteiger charge is 2.36. The molecule has 0 saturated carbocycles. The van der Waals surface area contributed by atoms with Crippen LogP contribution in [-0.4, -0.2) is 22.2 Å². The molecule has 4 nitrogen and oxygen atoms in total. The Balaban J connectivity index is 4.52. The Morgan fingerprint density at radius 1 is 0.529 bits per heavy atom. The van der Waals surface area contributed by atoms with E-state index in [0.717, 1.165) is 88.9 Å². The minimum Gasteiger partial charge on any atom is -0.481 e. The highest BCUT2D eigenvalue weighted by atomic mass is 16.4. The van der Waals surface area contributed by atoms with Crippen molar-refractivity contribution in [3.63, 3.8) is 0 Å². The van der Waals surface area contributed by atoms with Crippen molar-refractivity contribution in [3.05, 3.63) is 0 Å². The van der Waals surface area contributed by atoms with Gasteiger partial charge < -0.3 is 10.2 Å². The SMILES string of the molecule is CC(C)CCCCCCCC(CCCCCCCC(=O)O)(CCCCCCCC(C)C)C(=O)O. The maximum atomic E-state index is 12.5. The standard InChI is InChI=1S/C30H58O4/c1-26(2)20-14-8-5-11-17-23-30(29(33)34,24-18-12-6-9-15-21-27(3)4)25-19-13-7-10-16-22-28(31)32/h26-27H,5-25H2,1-4H3,(H,31,32)(H,33,34). The summed E-state index contributed by atoms with van der Waals surface area (Å²) in [6, 6.07) is 0. The fourth-order valence-electron chi connectivity index (χ4n) is 5.06. The summed E-state index contributed by atoms with van der Waals surface area (Å²) in [7, 11) is 0. The van der Waals surface area contributed by atoms with E-state index in [1.807, 2.05) is 0 Å². The van der Waals surface area contributed by atoms with Gasteiger partial charge in [-0.3, -0.25) is 9.59 Å². The number of hydrogen-bond acceptors (Lipinski definition) is 2. The Labute approximate surface area is 211 Å². The molecule has 0 aliphatic heterocycles. The Morgan fingerprint density at radius 2 is 0.853 bits per heavy atom. The lowest BCUT2D eigenvalue weighted by Crippen LogP contribution is -2.31. The van der Waals surface area contributed by atoms with Crippen LogP contribution >= 0.6 is 0 Å². The van der Waals surface area contributed by atoms with E-state index >= 15 is 0 Å². The average molecular weight is 483 g/mol. The van der Waals surface area contributed by atoms with Crippen LogP contribution in [0.25, 0.3) is 0 Å². The van der Waals surface area contributed by atoms with Crippen molar-refractivity contribution < 1.29 is 19.8 Å². The van der Waals surface area contributed by atoms with Crippen LogP contribution < -0.4 is 0 Å². The maximum absolute atomic E-state index is 12.5. The quantitative estimate of drug-likeness (QED) is 0.127. The highest BCUT2D eigenvalue weighted by Crippen LogP contribution is 2.38. The van der Waals surface area contributed by atoms with Gasteiger partial charge in [0.2, 0.25) is 0 Å². The second-order valence-corrected chi connectivity index (χ2v) is 11.6. The predicted molar refractivity (Wildman–Crippen MR) is 144 cm³/mol. The lowest BCUT2D eigenvalue weighted by molar-refractivity contribution is -0.151. The number of carboxylic acids is 2. The molecule has 34 heavy (non-hydrogen) atoms. The number of carboxylic acid groups (broad SMARTS) is 2. The fourth-order valence-corrected chi connectivity index (χ4v) is 5.06. The van der Waals surface area contributed by atoms with E-state index in [0.29, 0.717) is 0 Å².